The van der Waals surface area contributed by atoms with Gasteiger partial charge in [-0.1, -0.05) is 18.9 Å². The molecule has 0 aliphatic heterocycles. The van der Waals surface area contributed by atoms with Crippen LogP contribution in [0, 0.1) is 23.7 Å². The minimum absolute atomic E-state index is 0.0506. The number of esters is 1. The molecule has 0 spiro atoms. The molecule has 6 nitrogen and oxygen atoms in total. The normalized spacial score (nSPS) is 26.7. The summed E-state index contributed by atoms with van der Waals surface area (Å²) in [6, 6.07) is 3.91. The number of benzene rings is 1. The Bertz CT molecular complexity index is 866. The monoisotopic (exact) mass is 425 g/mol. The summed E-state index contributed by atoms with van der Waals surface area (Å²) in [6.45, 7) is 1.64. The van der Waals surface area contributed by atoms with Crippen molar-refractivity contribution in [3.8, 4) is 0 Å². The fraction of sp³-hybridized carbons (Fsp3) is 0.524. The van der Waals surface area contributed by atoms with Crippen molar-refractivity contribution in [3.63, 3.8) is 0 Å². The van der Waals surface area contributed by atoms with E-state index in [1.54, 1.807) is 6.92 Å². The topological polar surface area (TPSA) is 89.5 Å². The highest BCUT2D eigenvalue weighted by atomic mass is 19.4. The van der Waals surface area contributed by atoms with Crippen molar-refractivity contribution in [2.24, 2.45) is 23.7 Å². The summed E-state index contributed by atoms with van der Waals surface area (Å²) in [6.07, 6.45) is -2.15. The van der Waals surface area contributed by atoms with Crippen molar-refractivity contribution in [1.82, 2.24) is 0 Å². The van der Waals surface area contributed by atoms with E-state index in [9.17, 15) is 32.3 Å². The van der Waals surface area contributed by atoms with Gasteiger partial charge >= 0.3 is 12.1 Å². The number of ketones is 2. The van der Waals surface area contributed by atoms with Crippen LogP contribution in [-0.4, -0.2) is 30.0 Å². The van der Waals surface area contributed by atoms with Crippen LogP contribution in [0.1, 0.15) is 38.2 Å². The number of halogens is 3. The molecule has 0 radical (unpaired) electrons. The van der Waals surface area contributed by atoms with Gasteiger partial charge in [-0.25, -0.2) is 0 Å². The number of amides is 1. The van der Waals surface area contributed by atoms with Crippen LogP contribution in [0.15, 0.2) is 24.3 Å². The van der Waals surface area contributed by atoms with Crippen molar-refractivity contribution >= 4 is 29.1 Å². The van der Waals surface area contributed by atoms with Gasteiger partial charge in [-0.3, -0.25) is 19.2 Å². The number of Topliss-reactive ketones (excluding diaryl/α,β-unsaturated/α-hetero) is 2. The van der Waals surface area contributed by atoms with Gasteiger partial charge in [0.1, 0.15) is 5.92 Å². The Balaban J connectivity index is 1.88. The van der Waals surface area contributed by atoms with Gasteiger partial charge in [-0.15, -0.1) is 0 Å². The first-order chi connectivity index (χ1) is 14.1. The molecule has 0 saturated heterocycles. The lowest BCUT2D eigenvalue weighted by Gasteiger charge is -2.40. The fourth-order valence-corrected chi connectivity index (χ4v) is 4.43. The van der Waals surface area contributed by atoms with Crippen molar-refractivity contribution in [2.75, 3.05) is 11.9 Å². The Morgan fingerprint density at radius 3 is 2.50 bits per heavy atom. The molecule has 9 heteroatoms. The quantitative estimate of drug-likeness (QED) is 0.590. The fourth-order valence-electron chi connectivity index (χ4n) is 4.43. The minimum Gasteiger partial charge on any atom is -0.465 e. The third kappa shape index (κ3) is 4.24. The molecule has 1 aromatic carbocycles. The second kappa shape index (κ2) is 8.57. The number of hydrogen-bond acceptors (Lipinski definition) is 5. The Morgan fingerprint density at radius 1 is 1.13 bits per heavy atom. The number of anilines is 1. The molecule has 2 aliphatic rings. The lowest BCUT2D eigenvalue weighted by molar-refractivity contribution is -0.163. The van der Waals surface area contributed by atoms with Crippen LogP contribution >= 0.6 is 0 Å². The van der Waals surface area contributed by atoms with E-state index in [0.717, 1.165) is 31.0 Å². The zero-order valence-corrected chi connectivity index (χ0v) is 16.3. The standard InChI is InChI=1S/C21H22F3NO5/c1-2-30-20(29)15-13-8-3-4-9-14(13)17(26)16(18(15)27)19(28)25-12-7-5-6-11(10-12)21(22,23)24/h5-7,10,13-16H,2-4,8-9H2,1H3,(H,25,28). The molecule has 1 amide bonds. The van der Waals surface area contributed by atoms with Gasteiger partial charge in [0.2, 0.25) is 5.91 Å². The minimum atomic E-state index is -4.61. The average Bonchev–Trinajstić information content (AvgIpc) is 2.68. The van der Waals surface area contributed by atoms with Crippen LogP contribution in [-0.2, 0) is 30.1 Å². The Morgan fingerprint density at radius 2 is 1.83 bits per heavy atom. The molecule has 0 bridgehead atoms. The lowest BCUT2D eigenvalue weighted by Crippen LogP contribution is -2.55. The molecule has 1 N–H and O–H groups in total. The first kappa shape index (κ1) is 22.0. The Labute approximate surface area is 171 Å². The van der Waals surface area contributed by atoms with Crippen LogP contribution in [0.5, 0.6) is 0 Å². The Kier molecular flexibility index (Phi) is 6.28. The molecule has 0 heterocycles. The van der Waals surface area contributed by atoms with Gasteiger partial charge in [0.15, 0.2) is 17.5 Å². The van der Waals surface area contributed by atoms with E-state index in [2.05, 4.69) is 5.32 Å². The van der Waals surface area contributed by atoms with Crippen LogP contribution in [0.3, 0.4) is 0 Å². The molecule has 2 saturated carbocycles. The number of hydrogen-bond donors (Lipinski definition) is 1. The molecule has 30 heavy (non-hydrogen) atoms. The molecule has 0 aromatic heterocycles. The van der Waals surface area contributed by atoms with Gasteiger partial charge in [0.25, 0.3) is 0 Å². The van der Waals surface area contributed by atoms with Gasteiger partial charge in [-0.05, 0) is 43.9 Å². The summed E-state index contributed by atoms with van der Waals surface area (Å²) >= 11 is 0. The summed E-state index contributed by atoms with van der Waals surface area (Å²) in [4.78, 5) is 51.1. The van der Waals surface area contributed by atoms with Crippen molar-refractivity contribution in [3.05, 3.63) is 29.8 Å². The average molecular weight is 425 g/mol. The number of alkyl halides is 3. The smallest absolute Gasteiger partial charge is 0.416 e. The summed E-state index contributed by atoms with van der Waals surface area (Å²) in [7, 11) is 0. The molecule has 2 aliphatic carbocycles. The SMILES string of the molecule is CCOC(=O)C1C(=O)C(C(=O)Nc2cccc(C(F)(F)F)c2)C(=O)C2CCCCC21. The molecule has 162 valence electrons. The van der Waals surface area contributed by atoms with Crippen LogP contribution in [0.2, 0.25) is 0 Å². The summed E-state index contributed by atoms with van der Waals surface area (Å²) in [5, 5.41) is 2.24. The molecular formula is C21H22F3NO5. The summed E-state index contributed by atoms with van der Waals surface area (Å²) in [5.41, 5.74) is -1.16. The number of carbonyl (C=O) groups excluding carboxylic acids is 4. The van der Waals surface area contributed by atoms with Gasteiger partial charge in [-0.2, -0.15) is 13.2 Å². The highest BCUT2D eigenvalue weighted by Gasteiger charge is 2.55. The maximum Gasteiger partial charge on any atom is 0.416 e. The largest absolute Gasteiger partial charge is 0.465 e. The highest BCUT2D eigenvalue weighted by Crippen LogP contribution is 2.43. The second-order valence-electron chi connectivity index (χ2n) is 7.59. The summed E-state index contributed by atoms with van der Waals surface area (Å²) < 4.78 is 43.7. The number of rotatable bonds is 4. The number of carbonyl (C=O) groups is 4. The van der Waals surface area contributed by atoms with Crippen molar-refractivity contribution in [2.45, 2.75) is 38.8 Å². The third-order valence-corrected chi connectivity index (χ3v) is 5.75. The van der Waals surface area contributed by atoms with E-state index >= 15 is 0 Å². The molecule has 4 unspecified atom stereocenters. The zero-order chi connectivity index (χ0) is 22.1. The van der Waals surface area contributed by atoms with Crippen LogP contribution in [0.4, 0.5) is 18.9 Å². The van der Waals surface area contributed by atoms with Crippen LogP contribution < -0.4 is 5.32 Å². The molecule has 4 atom stereocenters. The first-order valence-corrected chi connectivity index (χ1v) is 9.87. The van der Waals surface area contributed by atoms with Gasteiger partial charge in [0.05, 0.1) is 12.2 Å². The van der Waals surface area contributed by atoms with Crippen molar-refractivity contribution in [1.29, 1.82) is 0 Å². The number of nitrogens with one attached hydrogen (secondary N) is 1. The zero-order valence-electron chi connectivity index (χ0n) is 16.3. The summed E-state index contributed by atoms with van der Waals surface area (Å²) in [5.74, 6) is -7.29. The number of ether oxygens (including phenoxy) is 1. The predicted molar refractivity (Wildman–Crippen MR) is 99.1 cm³/mol. The predicted octanol–water partition coefficient (Wildman–Crippen LogP) is 3.40. The van der Waals surface area contributed by atoms with E-state index in [0.29, 0.717) is 12.8 Å². The third-order valence-electron chi connectivity index (χ3n) is 5.75. The van der Waals surface area contributed by atoms with E-state index in [-0.39, 0.29) is 12.3 Å². The number of fused-ring (bicyclic) bond motifs is 1. The van der Waals surface area contributed by atoms with E-state index in [1.807, 2.05) is 0 Å². The van der Waals surface area contributed by atoms with Gasteiger partial charge < -0.3 is 10.1 Å². The maximum absolute atomic E-state index is 13.0. The van der Waals surface area contributed by atoms with E-state index in [1.165, 1.54) is 6.07 Å². The Hall–Kier alpha value is -2.71. The maximum atomic E-state index is 13.0. The lowest BCUT2D eigenvalue weighted by atomic mass is 9.61. The molecular weight excluding hydrogens is 403 g/mol. The van der Waals surface area contributed by atoms with E-state index < -0.39 is 58.9 Å². The molecule has 1 aromatic rings. The second-order valence-corrected chi connectivity index (χ2v) is 7.59. The molecule has 2 fully saturated rings. The van der Waals surface area contributed by atoms with Crippen molar-refractivity contribution < 1.29 is 37.1 Å². The van der Waals surface area contributed by atoms with Gasteiger partial charge in [0, 0.05) is 11.6 Å². The highest BCUT2D eigenvalue weighted by molar-refractivity contribution is 6.27. The first-order valence-electron chi connectivity index (χ1n) is 9.87. The van der Waals surface area contributed by atoms with Crippen LogP contribution in [0.25, 0.3) is 0 Å². The van der Waals surface area contributed by atoms with E-state index in [4.69, 9.17) is 4.74 Å². The molecule has 3 rings (SSSR count).